The first-order valence-electron chi connectivity index (χ1n) is 4.87. The van der Waals surface area contributed by atoms with Crippen LogP contribution in [0.3, 0.4) is 0 Å². The number of nitrogens with zero attached hydrogens (tertiary/aromatic N) is 1. The molecule has 0 aromatic carbocycles. The zero-order chi connectivity index (χ0) is 10.3. The summed E-state index contributed by atoms with van der Waals surface area (Å²) in [5.41, 5.74) is 0. The number of carbonyl (C=O) groups excluding carboxylic acids is 1. The summed E-state index contributed by atoms with van der Waals surface area (Å²) in [7, 11) is 1.89. The third kappa shape index (κ3) is 7.05. The number of amides is 1. The van der Waals surface area contributed by atoms with E-state index in [1.54, 1.807) is 0 Å². The van der Waals surface area contributed by atoms with Crippen LogP contribution >= 0.6 is 15.9 Å². The molecule has 0 spiro atoms. The maximum atomic E-state index is 11.5. The number of unbranched alkanes of at least 4 members (excludes halogenated alkanes) is 1. The smallest absolute Gasteiger partial charge is 0.222 e. The number of hydrogen-bond acceptors (Lipinski definition) is 1. The van der Waals surface area contributed by atoms with E-state index in [-0.39, 0.29) is 5.91 Å². The van der Waals surface area contributed by atoms with Gasteiger partial charge >= 0.3 is 0 Å². The fraction of sp³-hybridized carbons (Fsp3) is 0.900. The van der Waals surface area contributed by atoms with Crippen LogP contribution in [0.15, 0.2) is 0 Å². The van der Waals surface area contributed by atoms with E-state index in [1.165, 1.54) is 0 Å². The van der Waals surface area contributed by atoms with Crippen LogP contribution in [0.25, 0.3) is 0 Å². The van der Waals surface area contributed by atoms with E-state index in [9.17, 15) is 4.79 Å². The Labute approximate surface area is 89.8 Å². The zero-order valence-corrected chi connectivity index (χ0v) is 10.4. The average molecular weight is 250 g/mol. The average Bonchev–Trinajstić information content (AvgIpc) is 2.03. The van der Waals surface area contributed by atoms with Gasteiger partial charge in [-0.05, 0) is 18.8 Å². The SMILES string of the molecule is CC(C)CC(=O)N(C)CCCCBr. The molecule has 0 N–H and O–H groups in total. The summed E-state index contributed by atoms with van der Waals surface area (Å²) < 4.78 is 0. The lowest BCUT2D eigenvalue weighted by Crippen LogP contribution is -2.28. The van der Waals surface area contributed by atoms with Gasteiger partial charge in [0.25, 0.3) is 0 Å². The first-order chi connectivity index (χ1) is 6.07. The van der Waals surface area contributed by atoms with Gasteiger partial charge in [-0.15, -0.1) is 0 Å². The number of rotatable bonds is 6. The van der Waals surface area contributed by atoms with Gasteiger partial charge in [-0.25, -0.2) is 0 Å². The van der Waals surface area contributed by atoms with Crippen molar-refractivity contribution in [2.75, 3.05) is 18.9 Å². The molecule has 0 aliphatic rings. The molecule has 0 radical (unpaired) electrons. The highest BCUT2D eigenvalue weighted by atomic mass is 79.9. The maximum absolute atomic E-state index is 11.5. The molecule has 78 valence electrons. The van der Waals surface area contributed by atoms with Gasteiger partial charge in [-0.1, -0.05) is 29.8 Å². The molecule has 0 unspecified atom stereocenters. The molecule has 0 atom stereocenters. The Morgan fingerprint density at radius 1 is 1.38 bits per heavy atom. The van der Waals surface area contributed by atoms with Crippen molar-refractivity contribution in [1.82, 2.24) is 4.90 Å². The Hall–Kier alpha value is -0.0500. The standard InChI is InChI=1S/C10H20BrNO/c1-9(2)8-10(13)12(3)7-5-4-6-11/h9H,4-8H2,1-3H3. The van der Waals surface area contributed by atoms with Crippen LogP contribution in [0.5, 0.6) is 0 Å². The van der Waals surface area contributed by atoms with Crippen molar-refractivity contribution < 1.29 is 4.79 Å². The lowest BCUT2D eigenvalue weighted by Gasteiger charge is -2.17. The van der Waals surface area contributed by atoms with Gasteiger partial charge in [0, 0.05) is 25.3 Å². The molecule has 0 aliphatic carbocycles. The van der Waals surface area contributed by atoms with Crippen molar-refractivity contribution in [2.45, 2.75) is 33.1 Å². The van der Waals surface area contributed by atoms with Gasteiger partial charge in [0.05, 0.1) is 0 Å². The van der Waals surface area contributed by atoms with Crippen molar-refractivity contribution in [3.63, 3.8) is 0 Å². The number of hydrogen-bond donors (Lipinski definition) is 0. The van der Waals surface area contributed by atoms with E-state index < -0.39 is 0 Å². The summed E-state index contributed by atoms with van der Waals surface area (Å²) in [6, 6.07) is 0. The van der Waals surface area contributed by atoms with Gasteiger partial charge in [0.1, 0.15) is 0 Å². The summed E-state index contributed by atoms with van der Waals surface area (Å²) >= 11 is 3.37. The second-order valence-electron chi connectivity index (χ2n) is 3.81. The van der Waals surface area contributed by atoms with Crippen LogP contribution in [-0.4, -0.2) is 29.7 Å². The van der Waals surface area contributed by atoms with Gasteiger partial charge in [0.2, 0.25) is 5.91 Å². The number of alkyl halides is 1. The summed E-state index contributed by atoms with van der Waals surface area (Å²) in [6.45, 7) is 5.03. The van der Waals surface area contributed by atoms with Crippen LogP contribution < -0.4 is 0 Å². The second-order valence-corrected chi connectivity index (χ2v) is 4.60. The van der Waals surface area contributed by atoms with Gasteiger partial charge in [-0.3, -0.25) is 4.79 Å². The second kappa shape index (κ2) is 7.36. The van der Waals surface area contributed by atoms with E-state index in [0.29, 0.717) is 12.3 Å². The Kier molecular flexibility index (Phi) is 7.33. The molecular weight excluding hydrogens is 230 g/mol. The third-order valence-electron chi connectivity index (χ3n) is 1.89. The summed E-state index contributed by atoms with van der Waals surface area (Å²) in [4.78, 5) is 13.3. The highest BCUT2D eigenvalue weighted by Gasteiger charge is 2.09. The first-order valence-corrected chi connectivity index (χ1v) is 6.00. The molecular formula is C10H20BrNO. The summed E-state index contributed by atoms with van der Waals surface area (Å²) in [6.07, 6.45) is 2.90. The molecule has 0 fully saturated rings. The topological polar surface area (TPSA) is 20.3 Å². The quantitative estimate of drug-likeness (QED) is 0.524. The fourth-order valence-corrected chi connectivity index (χ4v) is 1.47. The molecule has 0 aliphatic heterocycles. The van der Waals surface area contributed by atoms with Crippen molar-refractivity contribution in [1.29, 1.82) is 0 Å². The summed E-state index contributed by atoms with van der Waals surface area (Å²) in [5.74, 6) is 0.732. The maximum Gasteiger partial charge on any atom is 0.222 e. The van der Waals surface area contributed by atoms with Gasteiger partial charge in [-0.2, -0.15) is 0 Å². The van der Waals surface area contributed by atoms with Crippen LogP contribution in [0, 0.1) is 5.92 Å². The van der Waals surface area contributed by atoms with Crippen LogP contribution in [0.4, 0.5) is 0 Å². The van der Waals surface area contributed by atoms with E-state index in [2.05, 4.69) is 29.8 Å². The molecule has 0 rings (SSSR count). The van der Waals surface area contributed by atoms with Crippen molar-refractivity contribution in [3.8, 4) is 0 Å². The lowest BCUT2D eigenvalue weighted by molar-refractivity contribution is -0.130. The van der Waals surface area contributed by atoms with E-state index in [0.717, 1.165) is 24.7 Å². The zero-order valence-electron chi connectivity index (χ0n) is 8.85. The van der Waals surface area contributed by atoms with Crippen molar-refractivity contribution in [3.05, 3.63) is 0 Å². The Balaban J connectivity index is 3.57. The highest BCUT2D eigenvalue weighted by molar-refractivity contribution is 9.09. The molecule has 2 nitrogen and oxygen atoms in total. The van der Waals surface area contributed by atoms with Crippen LogP contribution in [0.2, 0.25) is 0 Å². The highest BCUT2D eigenvalue weighted by Crippen LogP contribution is 2.04. The van der Waals surface area contributed by atoms with Crippen LogP contribution in [0.1, 0.15) is 33.1 Å². The Morgan fingerprint density at radius 2 is 2.00 bits per heavy atom. The minimum absolute atomic E-state index is 0.268. The largest absolute Gasteiger partial charge is 0.346 e. The Bertz CT molecular complexity index is 148. The minimum Gasteiger partial charge on any atom is -0.346 e. The van der Waals surface area contributed by atoms with Gasteiger partial charge < -0.3 is 4.90 Å². The van der Waals surface area contributed by atoms with Crippen molar-refractivity contribution >= 4 is 21.8 Å². The number of halogens is 1. The molecule has 0 heterocycles. The monoisotopic (exact) mass is 249 g/mol. The van der Waals surface area contributed by atoms with E-state index in [1.807, 2.05) is 11.9 Å². The summed E-state index contributed by atoms with van der Waals surface area (Å²) in [5, 5.41) is 1.03. The molecule has 0 saturated carbocycles. The third-order valence-corrected chi connectivity index (χ3v) is 2.45. The molecule has 0 aromatic heterocycles. The van der Waals surface area contributed by atoms with Gasteiger partial charge in [0.15, 0.2) is 0 Å². The van der Waals surface area contributed by atoms with Crippen molar-refractivity contribution in [2.24, 2.45) is 5.92 Å². The molecule has 0 aromatic rings. The number of carbonyl (C=O) groups is 1. The predicted octanol–water partition coefficient (Wildman–Crippen LogP) is 2.67. The lowest BCUT2D eigenvalue weighted by atomic mass is 10.1. The molecule has 1 amide bonds. The molecule has 3 heteroatoms. The van der Waals surface area contributed by atoms with E-state index >= 15 is 0 Å². The molecule has 0 saturated heterocycles. The molecule has 0 bridgehead atoms. The minimum atomic E-state index is 0.268. The fourth-order valence-electron chi connectivity index (χ4n) is 1.07. The normalized spacial score (nSPS) is 10.5. The molecule has 13 heavy (non-hydrogen) atoms. The predicted molar refractivity (Wildman–Crippen MR) is 60.1 cm³/mol. The Morgan fingerprint density at radius 3 is 2.46 bits per heavy atom. The first kappa shape index (κ1) is 12.9. The van der Waals surface area contributed by atoms with Crippen LogP contribution in [-0.2, 0) is 4.79 Å². The van der Waals surface area contributed by atoms with E-state index in [4.69, 9.17) is 0 Å².